The largest absolute Gasteiger partial charge is 0.355 e. The van der Waals surface area contributed by atoms with E-state index in [1.165, 1.54) is 0 Å². The van der Waals surface area contributed by atoms with Gasteiger partial charge in [-0.15, -0.1) is 0 Å². The molecule has 2 heterocycles. The second-order valence-electron chi connectivity index (χ2n) is 4.14. The van der Waals surface area contributed by atoms with Crippen molar-refractivity contribution >= 4 is 21.2 Å². The predicted molar refractivity (Wildman–Crippen MR) is 72.0 cm³/mol. The average Bonchev–Trinajstić information content (AvgIpc) is 2.83. The molecule has 0 radical (unpaired) electrons. The summed E-state index contributed by atoms with van der Waals surface area (Å²) in [5.74, 6) is 0. The highest BCUT2D eigenvalue weighted by atomic mass is 32.2. The maximum atomic E-state index is 11.8. The molecule has 0 saturated heterocycles. The highest BCUT2D eigenvalue weighted by Gasteiger charge is 2.18. The number of aromatic nitrogens is 3. The van der Waals surface area contributed by atoms with E-state index in [4.69, 9.17) is 4.55 Å². The van der Waals surface area contributed by atoms with Crippen LogP contribution in [0.25, 0.3) is 22.2 Å². The first-order valence-corrected chi connectivity index (χ1v) is 7.05. The molecule has 0 amide bonds. The highest BCUT2D eigenvalue weighted by Crippen LogP contribution is 2.25. The van der Waals surface area contributed by atoms with Crippen LogP contribution >= 0.6 is 0 Å². The van der Waals surface area contributed by atoms with Crippen LogP contribution in [0.3, 0.4) is 0 Å². The van der Waals surface area contributed by atoms with E-state index in [9.17, 15) is 13.2 Å². The Hall–Kier alpha value is -2.45. The van der Waals surface area contributed by atoms with E-state index in [-0.39, 0.29) is 11.0 Å². The van der Waals surface area contributed by atoms with E-state index in [1.807, 2.05) is 23.2 Å². The van der Waals surface area contributed by atoms with Gasteiger partial charge < -0.3 is 4.98 Å². The van der Waals surface area contributed by atoms with Gasteiger partial charge in [-0.1, -0.05) is 30.3 Å². The molecule has 1 aromatic carbocycles. The molecule has 8 heteroatoms. The number of fused-ring (bicyclic) bond motifs is 1. The number of hydrogen-bond acceptors (Lipinski definition) is 4. The zero-order valence-corrected chi connectivity index (χ0v) is 10.8. The van der Waals surface area contributed by atoms with Crippen LogP contribution in [0, 0.1) is 0 Å². The molecular formula is C12H9N3O4S. The topological polar surface area (TPSA) is 116 Å². The van der Waals surface area contributed by atoms with Crippen molar-refractivity contribution in [3.05, 3.63) is 46.9 Å². The van der Waals surface area contributed by atoms with Gasteiger partial charge in [-0.25, -0.2) is 4.98 Å². The van der Waals surface area contributed by atoms with Crippen molar-refractivity contribution in [2.75, 3.05) is 0 Å². The Morgan fingerprint density at radius 2 is 1.85 bits per heavy atom. The van der Waals surface area contributed by atoms with E-state index in [0.29, 0.717) is 5.56 Å². The molecule has 0 unspecified atom stereocenters. The fourth-order valence-corrected chi connectivity index (χ4v) is 2.38. The Morgan fingerprint density at radius 3 is 2.50 bits per heavy atom. The molecule has 7 nitrogen and oxygen atoms in total. The van der Waals surface area contributed by atoms with E-state index in [2.05, 4.69) is 9.97 Å². The molecule has 3 N–H and O–H groups in total. The quantitative estimate of drug-likeness (QED) is 0.484. The van der Waals surface area contributed by atoms with Crippen LogP contribution < -0.4 is 5.56 Å². The molecule has 0 bridgehead atoms. The van der Waals surface area contributed by atoms with E-state index in [0.717, 1.165) is 5.56 Å². The van der Waals surface area contributed by atoms with Crippen LogP contribution in [0.2, 0.25) is 0 Å². The summed E-state index contributed by atoms with van der Waals surface area (Å²) < 4.78 is 31.2. The third-order valence-corrected chi connectivity index (χ3v) is 3.52. The monoisotopic (exact) mass is 291 g/mol. The molecule has 2 aromatic heterocycles. The average molecular weight is 291 g/mol. The molecule has 3 aromatic rings. The Balaban J connectivity index is 2.37. The SMILES string of the molecule is O=c1[nH]c(S(=O)(=O)O)nc2c(-c3ccccc3)c[nH]c12. The molecule has 0 fully saturated rings. The maximum absolute atomic E-state index is 11.8. The summed E-state index contributed by atoms with van der Waals surface area (Å²) in [6.07, 6.45) is 1.57. The Bertz CT molecular complexity index is 942. The zero-order chi connectivity index (χ0) is 14.3. The summed E-state index contributed by atoms with van der Waals surface area (Å²) in [5.41, 5.74) is 1.03. The molecular weight excluding hydrogens is 282 g/mol. The smallest absolute Gasteiger partial charge is 0.328 e. The minimum absolute atomic E-state index is 0.149. The van der Waals surface area contributed by atoms with Gasteiger partial charge in [-0.2, -0.15) is 8.42 Å². The zero-order valence-electron chi connectivity index (χ0n) is 9.99. The predicted octanol–water partition coefficient (Wildman–Crippen LogP) is 1.16. The van der Waals surface area contributed by atoms with Gasteiger partial charge in [-0.3, -0.25) is 14.3 Å². The normalized spacial score (nSPS) is 11.8. The van der Waals surface area contributed by atoms with Gasteiger partial charge in [0, 0.05) is 11.8 Å². The summed E-state index contributed by atoms with van der Waals surface area (Å²) in [7, 11) is -4.57. The van der Waals surface area contributed by atoms with Gasteiger partial charge in [0.05, 0.1) is 0 Å². The Kier molecular flexibility index (Phi) is 2.70. The minimum Gasteiger partial charge on any atom is -0.355 e. The third-order valence-electron chi connectivity index (χ3n) is 2.84. The first kappa shape index (κ1) is 12.6. The van der Waals surface area contributed by atoms with E-state index < -0.39 is 20.8 Å². The molecule has 0 spiro atoms. The van der Waals surface area contributed by atoms with Crippen molar-refractivity contribution in [1.82, 2.24) is 15.0 Å². The number of H-pyrrole nitrogens is 2. The van der Waals surface area contributed by atoms with Gasteiger partial charge in [0.25, 0.3) is 10.7 Å². The lowest BCUT2D eigenvalue weighted by atomic mass is 10.1. The summed E-state index contributed by atoms with van der Waals surface area (Å²) >= 11 is 0. The van der Waals surface area contributed by atoms with Crippen molar-refractivity contribution in [3.63, 3.8) is 0 Å². The second kappa shape index (κ2) is 4.29. The third kappa shape index (κ3) is 2.00. The minimum atomic E-state index is -4.57. The first-order valence-electron chi connectivity index (χ1n) is 5.61. The fraction of sp³-hybridized carbons (Fsp3) is 0. The molecule has 20 heavy (non-hydrogen) atoms. The molecule has 3 rings (SSSR count). The van der Waals surface area contributed by atoms with Crippen LogP contribution in [0.5, 0.6) is 0 Å². The standard InChI is InChI=1S/C12H9N3O4S/c16-11-10-9(14-12(15-11)20(17,18)19)8(6-13-10)7-4-2-1-3-5-7/h1-6,13H,(H,14,15,16)(H,17,18,19). The molecule has 0 aliphatic carbocycles. The lowest BCUT2D eigenvalue weighted by molar-refractivity contribution is 0.474. The fourth-order valence-electron chi connectivity index (χ4n) is 1.95. The van der Waals surface area contributed by atoms with Crippen molar-refractivity contribution in [3.8, 4) is 11.1 Å². The molecule has 0 aliphatic heterocycles. The lowest BCUT2D eigenvalue weighted by Gasteiger charge is -2.00. The van der Waals surface area contributed by atoms with Gasteiger partial charge in [0.15, 0.2) is 0 Å². The Morgan fingerprint density at radius 1 is 1.15 bits per heavy atom. The molecule has 0 aliphatic rings. The summed E-state index contributed by atoms with van der Waals surface area (Å²) in [5, 5.41) is -0.771. The number of rotatable bonds is 2. The second-order valence-corrected chi connectivity index (χ2v) is 5.47. The number of nitrogens with one attached hydrogen (secondary N) is 2. The van der Waals surface area contributed by atoms with Gasteiger partial charge in [0.1, 0.15) is 11.0 Å². The number of nitrogens with zero attached hydrogens (tertiary/aromatic N) is 1. The highest BCUT2D eigenvalue weighted by molar-refractivity contribution is 7.85. The number of hydrogen-bond donors (Lipinski definition) is 3. The van der Waals surface area contributed by atoms with Gasteiger partial charge in [0.2, 0.25) is 0 Å². The molecule has 0 saturated carbocycles. The first-order chi connectivity index (χ1) is 9.47. The van der Waals surface area contributed by atoms with Crippen LogP contribution in [0.4, 0.5) is 0 Å². The Labute approximate surface area is 113 Å². The van der Waals surface area contributed by atoms with E-state index >= 15 is 0 Å². The maximum Gasteiger partial charge on any atom is 0.328 e. The lowest BCUT2D eigenvalue weighted by Crippen LogP contribution is -2.15. The summed E-state index contributed by atoms with van der Waals surface area (Å²) in [4.78, 5) is 20.4. The number of benzene rings is 1. The van der Waals surface area contributed by atoms with Crippen molar-refractivity contribution in [1.29, 1.82) is 0 Å². The van der Waals surface area contributed by atoms with E-state index in [1.54, 1.807) is 18.3 Å². The van der Waals surface area contributed by atoms with Crippen molar-refractivity contribution in [2.24, 2.45) is 0 Å². The van der Waals surface area contributed by atoms with Crippen LogP contribution in [0.1, 0.15) is 0 Å². The van der Waals surface area contributed by atoms with Crippen LogP contribution in [0.15, 0.2) is 46.5 Å². The number of aromatic amines is 2. The summed E-state index contributed by atoms with van der Waals surface area (Å²) in [6, 6.07) is 9.06. The van der Waals surface area contributed by atoms with Crippen molar-refractivity contribution in [2.45, 2.75) is 5.16 Å². The molecule has 102 valence electrons. The molecule has 0 atom stereocenters. The van der Waals surface area contributed by atoms with Crippen molar-refractivity contribution < 1.29 is 13.0 Å². The van der Waals surface area contributed by atoms with Gasteiger partial charge in [-0.05, 0) is 5.56 Å². The van der Waals surface area contributed by atoms with Crippen LogP contribution in [-0.4, -0.2) is 27.9 Å². The van der Waals surface area contributed by atoms with Crippen LogP contribution in [-0.2, 0) is 10.1 Å². The summed E-state index contributed by atoms with van der Waals surface area (Å²) in [6.45, 7) is 0. The van der Waals surface area contributed by atoms with Gasteiger partial charge >= 0.3 is 10.1 Å².